The smallest absolute Gasteiger partial charge is 0.227 e. The van der Waals surface area contributed by atoms with Crippen molar-refractivity contribution < 1.29 is 19.1 Å². The van der Waals surface area contributed by atoms with Crippen LogP contribution in [0.3, 0.4) is 0 Å². The molecular weight excluding hydrogens is 368 g/mol. The fraction of sp³-hybridized carbons (Fsp3) is 0.652. The van der Waals surface area contributed by atoms with Crippen LogP contribution in [0.4, 0.5) is 0 Å². The SMILES string of the molecule is COc1cc(C(NC(=O)C(C)(C)C)NC(=O)C(C)(C)C)ccc1OCCC(C)C. The summed E-state index contributed by atoms with van der Waals surface area (Å²) in [4.78, 5) is 25.2. The minimum absolute atomic E-state index is 0.159. The maximum Gasteiger partial charge on any atom is 0.227 e. The Kier molecular flexibility index (Phi) is 8.54. The zero-order chi connectivity index (χ0) is 22.4. The Labute approximate surface area is 175 Å². The van der Waals surface area contributed by atoms with Gasteiger partial charge in [-0.15, -0.1) is 0 Å². The van der Waals surface area contributed by atoms with Gasteiger partial charge >= 0.3 is 0 Å². The van der Waals surface area contributed by atoms with Crippen molar-refractivity contribution in [3.8, 4) is 11.5 Å². The van der Waals surface area contributed by atoms with Gasteiger partial charge in [0.15, 0.2) is 11.5 Å². The fourth-order valence-electron chi connectivity index (χ4n) is 2.29. The standard InChI is InChI=1S/C23H38N2O4/c1-15(2)12-13-29-17-11-10-16(14-18(17)28-9)19(24-20(26)22(3,4)5)25-21(27)23(6,7)8/h10-11,14-15,19H,12-13H2,1-9H3,(H,24,26)(H,25,27). The Morgan fingerprint density at radius 1 is 0.931 bits per heavy atom. The summed E-state index contributed by atoms with van der Waals surface area (Å²) in [5.41, 5.74) is -0.461. The molecule has 0 aliphatic rings. The van der Waals surface area contributed by atoms with Crippen molar-refractivity contribution in [1.82, 2.24) is 10.6 Å². The van der Waals surface area contributed by atoms with Gasteiger partial charge in [-0.25, -0.2) is 0 Å². The van der Waals surface area contributed by atoms with Crippen LogP contribution in [0.2, 0.25) is 0 Å². The first-order valence-electron chi connectivity index (χ1n) is 10.2. The van der Waals surface area contributed by atoms with E-state index in [0.717, 1.165) is 6.42 Å². The Hall–Kier alpha value is -2.24. The van der Waals surface area contributed by atoms with Crippen LogP contribution in [0, 0.1) is 16.7 Å². The van der Waals surface area contributed by atoms with Gasteiger partial charge in [-0.2, -0.15) is 0 Å². The van der Waals surface area contributed by atoms with Crippen molar-refractivity contribution in [3.05, 3.63) is 23.8 Å². The van der Waals surface area contributed by atoms with Crippen molar-refractivity contribution in [2.24, 2.45) is 16.7 Å². The van der Waals surface area contributed by atoms with Crippen LogP contribution in [-0.2, 0) is 9.59 Å². The number of carbonyl (C=O) groups is 2. The van der Waals surface area contributed by atoms with E-state index < -0.39 is 17.0 Å². The molecule has 0 atom stereocenters. The minimum Gasteiger partial charge on any atom is -0.493 e. The average molecular weight is 407 g/mol. The third kappa shape index (κ3) is 7.95. The first kappa shape index (κ1) is 24.8. The Morgan fingerprint density at radius 2 is 1.45 bits per heavy atom. The van der Waals surface area contributed by atoms with Gasteiger partial charge in [-0.05, 0) is 30.0 Å². The van der Waals surface area contributed by atoms with Gasteiger partial charge < -0.3 is 20.1 Å². The highest BCUT2D eigenvalue weighted by Gasteiger charge is 2.29. The van der Waals surface area contributed by atoms with Crippen LogP contribution in [0.25, 0.3) is 0 Å². The van der Waals surface area contributed by atoms with Gasteiger partial charge in [0.25, 0.3) is 0 Å². The maximum atomic E-state index is 12.6. The normalized spacial score (nSPS) is 12.1. The van der Waals surface area contributed by atoms with E-state index in [2.05, 4.69) is 24.5 Å². The minimum atomic E-state index is -0.674. The summed E-state index contributed by atoms with van der Waals surface area (Å²) < 4.78 is 11.3. The number of methoxy groups -OCH3 is 1. The molecule has 6 nitrogen and oxygen atoms in total. The van der Waals surface area contributed by atoms with Crippen molar-refractivity contribution in [3.63, 3.8) is 0 Å². The molecule has 0 radical (unpaired) electrons. The number of rotatable bonds is 8. The highest BCUT2D eigenvalue weighted by Crippen LogP contribution is 2.31. The number of hydrogen-bond acceptors (Lipinski definition) is 4. The number of benzene rings is 1. The predicted molar refractivity (Wildman–Crippen MR) is 116 cm³/mol. The van der Waals surface area contributed by atoms with Gasteiger partial charge in [-0.3, -0.25) is 9.59 Å². The fourth-order valence-corrected chi connectivity index (χ4v) is 2.29. The first-order chi connectivity index (χ1) is 13.3. The van der Waals surface area contributed by atoms with Gasteiger partial charge in [0.2, 0.25) is 11.8 Å². The summed E-state index contributed by atoms with van der Waals surface area (Å²) >= 11 is 0. The summed E-state index contributed by atoms with van der Waals surface area (Å²) in [5.74, 6) is 1.43. The number of nitrogens with one attached hydrogen (secondary N) is 2. The van der Waals surface area contributed by atoms with E-state index in [1.165, 1.54) is 0 Å². The summed E-state index contributed by atoms with van der Waals surface area (Å²) in [6, 6.07) is 5.44. The molecule has 0 bridgehead atoms. The molecule has 0 fully saturated rings. The van der Waals surface area contributed by atoms with Crippen LogP contribution in [0.5, 0.6) is 11.5 Å². The topological polar surface area (TPSA) is 76.7 Å². The molecule has 0 heterocycles. The summed E-state index contributed by atoms with van der Waals surface area (Å²) in [7, 11) is 1.57. The number of carbonyl (C=O) groups excluding carboxylic acids is 2. The quantitative estimate of drug-likeness (QED) is 0.626. The highest BCUT2D eigenvalue weighted by atomic mass is 16.5. The zero-order valence-electron chi connectivity index (χ0n) is 19.4. The molecule has 0 aliphatic heterocycles. The molecule has 1 aromatic carbocycles. The lowest BCUT2D eigenvalue weighted by Gasteiger charge is -2.28. The molecule has 6 heteroatoms. The molecule has 1 aromatic rings. The van der Waals surface area contributed by atoms with Crippen molar-refractivity contribution in [2.75, 3.05) is 13.7 Å². The maximum absolute atomic E-state index is 12.6. The molecule has 0 spiro atoms. The van der Waals surface area contributed by atoms with Crippen molar-refractivity contribution in [1.29, 1.82) is 0 Å². The van der Waals surface area contributed by atoms with Crippen LogP contribution >= 0.6 is 0 Å². The molecule has 0 unspecified atom stereocenters. The van der Waals surface area contributed by atoms with Crippen molar-refractivity contribution in [2.45, 2.75) is 68.0 Å². The molecule has 1 rings (SSSR count). The van der Waals surface area contributed by atoms with Gasteiger partial charge in [0.05, 0.1) is 13.7 Å². The molecule has 0 aromatic heterocycles. The molecule has 2 N–H and O–H groups in total. The van der Waals surface area contributed by atoms with Crippen LogP contribution in [0.15, 0.2) is 18.2 Å². The summed E-state index contributed by atoms with van der Waals surface area (Å²) in [6.07, 6.45) is 0.267. The summed E-state index contributed by atoms with van der Waals surface area (Å²) in [6.45, 7) is 15.9. The van der Waals surface area contributed by atoms with Crippen LogP contribution < -0.4 is 20.1 Å². The molecule has 164 valence electrons. The molecular formula is C23H38N2O4. The molecule has 2 amide bonds. The largest absolute Gasteiger partial charge is 0.493 e. The second-order valence-electron chi connectivity index (χ2n) is 9.82. The van der Waals surface area contributed by atoms with E-state index in [1.807, 2.05) is 53.7 Å². The third-order valence-corrected chi connectivity index (χ3v) is 4.39. The number of amides is 2. The number of ether oxygens (including phenoxy) is 2. The lowest BCUT2D eigenvalue weighted by molar-refractivity contribution is -0.132. The van der Waals surface area contributed by atoms with E-state index >= 15 is 0 Å². The van der Waals surface area contributed by atoms with E-state index in [4.69, 9.17) is 9.47 Å². The monoisotopic (exact) mass is 406 g/mol. The predicted octanol–water partition coefficient (Wildman–Crippen LogP) is 4.44. The number of hydrogen-bond donors (Lipinski definition) is 2. The van der Waals surface area contributed by atoms with Gasteiger partial charge in [-0.1, -0.05) is 61.5 Å². The third-order valence-electron chi connectivity index (χ3n) is 4.39. The van der Waals surface area contributed by atoms with E-state index in [1.54, 1.807) is 13.2 Å². The Bertz CT molecular complexity index is 672. The van der Waals surface area contributed by atoms with E-state index in [9.17, 15) is 9.59 Å². The first-order valence-corrected chi connectivity index (χ1v) is 10.2. The van der Waals surface area contributed by atoms with E-state index in [0.29, 0.717) is 29.6 Å². The highest BCUT2D eigenvalue weighted by molar-refractivity contribution is 5.84. The lowest BCUT2D eigenvalue weighted by atomic mass is 9.94. The molecule has 0 aliphatic carbocycles. The second kappa shape index (κ2) is 9.99. The van der Waals surface area contributed by atoms with Crippen LogP contribution in [0.1, 0.15) is 73.5 Å². The molecule has 29 heavy (non-hydrogen) atoms. The van der Waals surface area contributed by atoms with Crippen molar-refractivity contribution >= 4 is 11.8 Å². The second-order valence-corrected chi connectivity index (χ2v) is 9.82. The lowest BCUT2D eigenvalue weighted by Crippen LogP contribution is -2.47. The van der Waals surface area contributed by atoms with Gasteiger partial charge in [0, 0.05) is 10.8 Å². The Balaban J connectivity index is 3.15. The summed E-state index contributed by atoms with van der Waals surface area (Å²) in [5, 5.41) is 5.88. The van der Waals surface area contributed by atoms with E-state index in [-0.39, 0.29) is 11.8 Å². The zero-order valence-corrected chi connectivity index (χ0v) is 19.4. The molecule has 0 saturated heterocycles. The Morgan fingerprint density at radius 3 is 1.86 bits per heavy atom. The molecule has 0 saturated carbocycles. The van der Waals surface area contributed by atoms with Crippen LogP contribution in [-0.4, -0.2) is 25.5 Å². The van der Waals surface area contributed by atoms with Gasteiger partial charge in [0.1, 0.15) is 6.17 Å². The average Bonchev–Trinajstić information content (AvgIpc) is 2.59.